The number of hydrogen-bond donors (Lipinski definition) is 2. The van der Waals surface area contributed by atoms with E-state index < -0.39 is 0 Å². The van der Waals surface area contributed by atoms with E-state index in [1.807, 2.05) is 11.8 Å². The molecule has 0 spiro atoms. The van der Waals surface area contributed by atoms with Crippen LogP contribution < -0.4 is 10.6 Å². The topological polar surface area (TPSA) is 24.1 Å². The number of thioether (sulfide) groups is 1. The van der Waals surface area contributed by atoms with Crippen molar-refractivity contribution in [3.8, 4) is 0 Å². The Morgan fingerprint density at radius 2 is 2.27 bits per heavy atom. The molecule has 1 heterocycles. The molecule has 0 saturated carbocycles. The van der Waals surface area contributed by atoms with Gasteiger partial charge in [0.25, 0.3) is 0 Å². The third kappa shape index (κ3) is 5.79. The molecule has 1 aliphatic rings. The summed E-state index contributed by atoms with van der Waals surface area (Å²) < 4.78 is 0. The highest BCUT2D eigenvalue weighted by molar-refractivity contribution is 7.98. The SMILES string of the molecule is CSCC(C)CNC(C)CC1CCCN1. The second kappa shape index (κ2) is 7.53. The lowest BCUT2D eigenvalue weighted by Gasteiger charge is -2.20. The van der Waals surface area contributed by atoms with Crippen molar-refractivity contribution in [3.63, 3.8) is 0 Å². The first-order valence-electron chi connectivity index (χ1n) is 6.18. The lowest BCUT2D eigenvalue weighted by Crippen LogP contribution is -2.36. The predicted octanol–water partition coefficient (Wildman–Crippen LogP) is 2.11. The van der Waals surface area contributed by atoms with Gasteiger partial charge in [0.15, 0.2) is 0 Å². The van der Waals surface area contributed by atoms with E-state index in [0.29, 0.717) is 6.04 Å². The van der Waals surface area contributed by atoms with Crippen molar-refractivity contribution in [3.05, 3.63) is 0 Å². The summed E-state index contributed by atoms with van der Waals surface area (Å²) in [6.07, 6.45) is 6.20. The fourth-order valence-electron chi connectivity index (χ4n) is 2.21. The van der Waals surface area contributed by atoms with Crippen LogP contribution in [0.3, 0.4) is 0 Å². The van der Waals surface area contributed by atoms with Crippen LogP contribution in [-0.2, 0) is 0 Å². The summed E-state index contributed by atoms with van der Waals surface area (Å²) in [6, 6.07) is 1.42. The van der Waals surface area contributed by atoms with Gasteiger partial charge in [-0.15, -0.1) is 0 Å². The summed E-state index contributed by atoms with van der Waals surface area (Å²) in [6.45, 7) is 7.02. The maximum Gasteiger partial charge on any atom is 0.00822 e. The first-order valence-corrected chi connectivity index (χ1v) is 7.57. The van der Waals surface area contributed by atoms with Crippen LogP contribution in [0.2, 0.25) is 0 Å². The van der Waals surface area contributed by atoms with Crippen molar-refractivity contribution in [1.29, 1.82) is 0 Å². The minimum atomic E-state index is 0.657. The van der Waals surface area contributed by atoms with Crippen molar-refractivity contribution in [2.24, 2.45) is 5.92 Å². The standard InChI is InChI=1S/C12H26N2S/c1-10(9-15-3)8-14-11(2)7-12-5-4-6-13-12/h10-14H,4-9H2,1-3H3. The summed E-state index contributed by atoms with van der Waals surface area (Å²) in [5, 5.41) is 7.20. The number of hydrogen-bond acceptors (Lipinski definition) is 3. The second-order valence-corrected chi connectivity index (χ2v) is 5.81. The highest BCUT2D eigenvalue weighted by Gasteiger charge is 2.16. The molecule has 15 heavy (non-hydrogen) atoms. The maximum atomic E-state index is 3.64. The molecule has 0 aliphatic carbocycles. The monoisotopic (exact) mass is 230 g/mol. The third-order valence-electron chi connectivity index (χ3n) is 3.07. The molecule has 0 aromatic carbocycles. The Balaban J connectivity index is 2.04. The third-order valence-corrected chi connectivity index (χ3v) is 3.97. The zero-order chi connectivity index (χ0) is 11.1. The molecule has 0 aromatic rings. The Morgan fingerprint density at radius 1 is 1.47 bits per heavy atom. The number of rotatable bonds is 7. The van der Waals surface area contributed by atoms with Crippen molar-refractivity contribution < 1.29 is 0 Å². The Morgan fingerprint density at radius 3 is 2.87 bits per heavy atom. The van der Waals surface area contributed by atoms with Gasteiger partial charge >= 0.3 is 0 Å². The van der Waals surface area contributed by atoms with Gasteiger partial charge in [-0.25, -0.2) is 0 Å². The zero-order valence-corrected chi connectivity index (χ0v) is 11.2. The number of nitrogens with one attached hydrogen (secondary N) is 2. The molecule has 0 amide bonds. The minimum absolute atomic E-state index is 0.657. The molecule has 3 heteroatoms. The van der Waals surface area contributed by atoms with Crippen LogP contribution in [0.15, 0.2) is 0 Å². The predicted molar refractivity (Wildman–Crippen MR) is 70.7 cm³/mol. The Hall–Kier alpha value is 0.270. The smallest absolute Gasteiger partial charge is 0.00822 e. The maximum absolute atomic E-state index is 3.64. The molecule has 90 valence electrons. The van der Waals surface area contributed by atoms with Gasteiger partial charge in [0.1, 0.15) is 0 Å². The molecule has 3 unspecified atom stereocenters. The normalized spacial score (nSPS) is 25.4. The zero-order valence-electron chi connectivity index (χ0n) is 10.4. The fourth-order valence-corrected chi connectivity index (χ4v) is 2.90. The summed E-state index contributed by atoms with van der Waals surface area (Å²) in [4.78, 5) is 0. The molecule has 2 N–H and O–H groups in total. The molecule has 1 aliphatic heterocycles. The van der Waals surface area contributed by atoms with Gasteiger partial charge in [0.05, 0.1) is 0 Å². The summed E-state index contributed by atoms with van der Waals surface area (Å²) in [7, 11) is 0. The van der Waals surface area contributed by atoms with Crippen LogP contribution in [0.25, 0.3) is 0 Å². The molecule has 0 bridgehead atoms. The summed E-state index contributed by atoms with van der Waals surface area (Å²) >= 11 is 1.94. The first-order chi connectivity index (χ1) is 7.22. The minimum Gasteiger partial charge on any atom is -0.314 e. The summed E-state index contributed by atoms with van der Waals surface area (Å²) in [5.74, 6) is 2.06. The molecular weight excluding hydrogens is 204 g/mol. The average molecular weight is 230 g/mol. The summed E-state index contributed by atoms with van der Waals surface area (Å²) in [5.41, 5.74) is 0. The molecule has 2 nitrogen and oxygen atoms in total. The van der Waals surface area contributed by atoms with Gasteiger partial charge in [-0.05, 0) is 57.2 Å². The molecule has 3 atom stereocenters. The lowest BCUT2D eigenvalue weighted by atomic mass is 10.1. The average Bonchev–Trinajstić information content (AvgIpc) is 2.68. The first kappa shape index (κ1) is 13.3. The Bertz CT molecular complexity index is 158. The molecule has 1 fully saturated rings. The van der Waals surface area contributed by atoms with Crippen LogP contribution >= 0.6 is 11.8 Å². The van der Waals surface area contributed by atoms with Crippen molar-refractivity contribution in [1.82, 2.24) is 10.6 Å². The largest absolute Gasteiger partial charge is 0.314 e. The fraction of sp³-hybridized carbons (Fsp3) is 1.00. The Labute approximate surface area is 99.0 Å². The van der Waals surface area contributed by atoms with E-state index in [1.54, 1.807) is 0 Å². The van der Waals surface area contributed by atoms with E-state index >= 15 is 0 Å². The van der Waals surface area contributed by atoms with Crippen LogP contribution in [0, 0.1) is 5.92 Å². The molecular formula is C12H26N2S. The molecule has 1 saturated heterocycles. The Kier molecular flexibility index (Phi) is 6.69. The van der Waals surface area contributed by atoms with E-state index in [0.717, 1.165) is 18.5 Å². The van der Waals surface area contributed by atoms with Crippen LogP contribution in [0.4, 0.5) is 0 Å². The van der Waals surface area contributed by atoms with Gasteiger partial charge in [0.2, 0.25) is 0 Å². The second-order valence-electron chi connectivity index (χ2n) is 4.90. The van der Waals surface area contributed by atoms with E-state index in [1.165, 1.54) is 31.6 Å². The van der Waals surface area contributed by atoms with Crippen molar-refractivity contribution >= 4 is 11.8 Å². The van der Waals surface area contributed by atoms with Crippen LogP contribution in [0.1, 0.15) is 33.1 Å². The van der Waals surface area contributed by atoms with Crippen LogP contribution in [-0.4, -0.2) is 37.2 Å². The van der Waals surface area contributed by atoms with Gasteiger partial charge in [-0.1, -0.05) is 6.92 Å². The highest BCUT2D eigenvalue weighted by atomic mass is 32.2. The quantitative estimate of drug-likeness (QED) is 0.700. The van der Waals surface area contributed by atoms with Crippen molar-refractivity contribution in [2.75, 3.05) is 25.1 Å². The lowest BCUT2D eigenvalue weighted by molar-refractivity contribution is 0.419. The van der Waals surface area contributed by atoms with Gasteiger partial charge in [-0.2, -0.15) is 11.8 Å². The van der Waals surface area contributed by atoms with E-state index in [9.17, 15) is 0 Å². The van der Waals surface area contributed by atoms with E-state index in [-0.39, 0.29) is 0 Å². The van der Waals surface area contributed by atoms with E-state index in [4.69, 9.17) is 0 Å². The van der Waals surface area contributed by atoms with Gasteiger partial charge in [-0.3, -0.25) is 0 Å². The van der Waals surface area contributed by atoms with E-state index in [2.05, 4.69) is 30.7 Å². The van der Waals surface area contributed by atoms with Crippen LogP contribution in [0.5, 0.6) is 0 Å². The molecule has 0 radical (unpaired) electrons. The molecule has 0 aromatic heterocycles. The molecule has 1 rings (SSSR count). The van der Waals surface area contributed by atoms with Gasteiger partial charge in [0, 0.05) is 12.1 Å². The van der Waals surface area contributed by atoms with Crippen molar-refractivity contribution in [2.45, 2.75) is 45.2 Å². The van der Waals surface area contributed by atoms with Gasteiger partial charge < -0.3 is 10.6 Å². The highest BCUT2D eigenvalue weighted by Crippen LogP contribution is 2.11.